The first-order valence-electron chi connectivity index (χ1n) is 12.5. The average molecular weight is 521 g/mol. The third-order valence-corrected chi connectivity index (χ3v) is 6.67. The highest BCUT2D eigenvalue weighted by atomic mass is 19.2. The van der Waals surface area contributed by atoms with E-state index in [0.717, 1.165) is 0 Å². The van der Waals surface area contributed by atoms with Gasteiger partial charge in [0.15, 0.2) is 23.1 Å². The number of benzene rings is 3. The second-order valence-electron chi connectivity index (χ2n) is 8.98. The number of rotatable bonds is 9. The topological polar surface area (TPSA) is 27.7 Å². The van der Waals surface area contributed by atoms with Crippen LogP contribution in [0.5, 0.6) is 11.5 Å². The average Bonchev–Trinajstić information content (AvgIpc) is 2.90. The Labute approximate surface area is 213 Å². The molecular formula is C29H29F5O3. The fraction of sp³-hybridized carbons (Fsp3) is 0.379. The van der Waals surface area contributed by atoms with Gasteiger partial charge in [0.05, 0.1) is 25.9 Å². The molecule has 3 aromatic rings. The predicted octanol–water partition coefficient (Wildman–Crippen LogP) is 8.09. The van der Waals surface area contributed by atoms with Gasteiger partial charge in [0.25, 0.3) is 0 Å². The van der Waals surface area contributed by atoms with Crippen LogP contribution in [0.15, 0.2) is 42.5 Å². The van der Waals surface area contributed by atoms with Gasteiger partial charge in [0.1, 0.15) is 5.82 Å². The monoisotopic (exact) mass is 520 g/mol. The number of halogens is 5. The largest absolute Gasteiger partial charge is 0.491 e. The fourth-order valence-electron chi connectivity index (χ4n) is 4.75. The molecule has 1 aliphatic carbocycles. The van der Waals surface area contributed by atoms with Gasteiger partial charge in [-0.15, -0.1) is 0 Å². The molecule has 0 atom stereocenters. The summed E-state index contributed by atoms with van der Waals surface area (Å²) in [5, 5.41) is 0. The molecule has 0 unspecified atom stereocenters. The summed E-state index contributed by atoms with van der Waals surface area (Å²) in [7, 11) is 0. The molecule has 37 heavy (non-hydrogen) atoms. The molecule has 1 aliphatic rings. The minimum absolute atomic E-state index is 0.0403. The maximum Gasteiger partial charge on any atom is 0.201 e. The normalized spacial score (nSPS) is 17.6. The van der Waals surface area contributed by atoms with Gasteiger partial charge in [0, 0.05) is 11.1 Å². The van der Waals surface area contributed by atoms with Gasteiger partial charge in [0.2, 0.25) is 11.6 Å². The lowest BCUT2D eigenvalue weighted by Gasteiger charge is -2.29. The third kappa shape index (κ3) is 5.90. The van der Waals surface area contributed by atoms with Gasteiger partial charge in [-0.1, -0.05) is 12.1 Å². The smallest absolute Gasteiger partial charge is 0.201 e. The zero-order valence-corrected chi connectivity index (χ0v) is 20.8. The second-order valence-corrected chi connectivity index (χ2v) is 8.98. The van der Waals surface area contributed by atoms with Crippen LogP contribution < -0.4 is 9.47 Å². The van der Waals surface area contributed by atoms with E-state index in [1.165, 1.54) is 30.3 Å². The van der Waals surface area contributed by atoms with Crippen LogP contribution in [0.1, 0.15) is 56.6 Å². The van der Waals surface area contributed by atoms with Crippen LogP contribution in [0, 0.1) is 29.1 Å². The Morgan fingerprint density at radius 3 is 1.95 bits per heavy atom. The highest BCUT2D eigenvalue weighted by molar-refractivity contribution is 5.66. The number of hydrogen-bond acceptors (Lipinski definition) is 3. The molecule has 198 valence electrons. The first-order chi connectivity index (χ1) is 17.8. The number of hydrogen-bond donors (Lipinski definition) is 0. The maximum absolute atomic E-state index is 15.0. The van der Waals surface area contributed by atoms with Crippen LogP contribution in [0.2, 0.25) is 0 Å². The summed E-state index contributed by atoms with van der Waals surface area (Å²) in [5.41, 5.74) is 0.820. The van der Waals surface area contributed by atoms with E-state index in [1.54, 1.807) is 26.0 Å². The molecule has 4 rings (SSSR count). The minimum Gasteiger partial charge on any atom is -0.491 e. The molecule has 0 amide bonds. The first-order valence-corrected chi connectivity index (χ1v) is 12.5. The van der Waals surface area contributed by atoms with E-state index >= 15 is 4.39 Å². The summed E-state index contributed by atoms with van der Waals surface area (Å²) in [6.07, 6.45) is 2.39. The Balaban J connectivity index is 1.37. The fourth-order valence-corrected chi connectivity index (χ4v) is 4.75. The van der Waals surface area contributed by atoms with Crippen LogP contribution >= 0.6 is 0 Å². The van der Waals surface area contributed by atoms with Gasteiger partial charge >= 0.3 is 0 Å². The lowest BCUT2D eigenvalue weighted by atomic mass is 9.82. The van der Waals surface area contributed by atoms with E-state index in [2.05, 4.69) is 0 Å². The minimum atomic E-state index is -1.10. The Morgan fingerprint density at radius 1 is 0.703 bits per heavy atom. The van der Waals surface area contributed by atoms with E-state index in [1.807, 2.05) is 0 Å². The summed E-state index contributed by atoms with van der Waals surface area (Å²) in [6.45, 7) is 3.71. The molecule has 1 fully saturated rings. The van der Waals surface area contributed by atoms with Gasteiger partial charge < -0.3 is 14.2 Å². The van der Waals surface area contributed by atoms with Crippen LogP contribution in [0.4, 0.5) is 22.0 Å². The highest BCUT2D eigenvalue weighted by Gasteiger charge is 2.26. The molecule has 3 nitrogen and oxygen atoms in total. The van der Waals surface area contributed by atoms with Gasteiger partial charge in [-0.25, -0.2) is 13.2 Å². The van der Waals surface area contributed by atoms with E-state index in [0.29, 0.717) is 31.2 Å². The van der Waals surface area contributed by atoms with Gasteiger partial charge in [-0.05, 0) is 86.9 Å². The molecule has 0 heterocycles. The van der Waals surface area contributed by atoms with E-state index in [4.69, 9.17) is 14.2 Å². The second kappa shape index (κ2) is 11.9. The third-order valence-electron chi connectivity index (χ3n) is 6.67. The molecule has 0 saturated heterocycles. The Kier molecular flexibility index (Phi) is 8.69. The molecule has 0 bridgehead atoms. The molecule has 0 aromatic heterocycles. The summed E-state index contributed by atoms with van der Waals surface area (Å²) < 4.78 is 88.2. The van der Waals surface area contributed by atoms with Crippen molar-refractivity contribution < 1.29 is 36.2 Å². The van der Waals surface area contributed by atoms with Crippen LogP contribution in [0.3, 0.4) is 0 Å². The Hall–Kier alpha value is -3.13. The number of ether oxygens (including phenoxy) is 3. The van der Waals surface area contributed by atoms with Crippen molar-refractivity contribution in [2.24, 2.45) is 0 Å². The molecule has 3 aromatic carbocycles. The molecule has 0 spiro atoms. The first kappa shape index (κ1) is 26.9. The molecule has 0 radical (unpaired) electrons. The zero-order chi connectivity index (χ0) is 26.5. The van der Waals surface area contributed by atoms with Crippen LogP contribution in [-0.2, 0) is 11.3 Å². The lowest BCUT2D eigenvalue weighted by Crippen LogP contribution is -2.21. The molecule has 0 N–H and O–H groups in total. The Morgan fingerprint density at radius 2 is 1.32 bits per heavy atom. The SMILES string of the molecule is CCOc1ccc(COC2CCC(c3ccc(-c4ccc(OCC)c(F)c4F)cc3F)CC2)c(F)c1F. The van der Waals surface area contributed by atoms with Crippen molar-refractivity contribution in [2.45, 2.75) is 58.2 Å². The Bertz CT molecular complexity index is 1240. The van der Waals surface area contributed by atoms with Crippen molar-refractivity contribution in [1.82, 2.24) is 0 Å². The van der Waals surface area contributed by atoms with Crippen LogP contribution in [-0.4, -0.2) is 19.3 Å². The summed E-state index contributed by atoms with van der Waals surface area (Å²) >= 11 is 0. The van der Waals surface area contributed by atoms with Gasteiger partial charge in [-0.3, -0.25) is 0 Å². The zero-order valence-electron chi connectivity index (χ0n) is 20.8. The summed E-state index contributed by atoms with van der Waals surface area (Å²) in [5.74, 6) is -5.06. The van der Waals surface area contributed by atoms with Crippen molar-refractivity contribution in [3.63, 3.8) is 0 Å². The van der Waals surface area contributed by atoms with Gasteiger partial charge in [-0.2, -0.15) is 8.78 Å². The van der Waals surface area contributed by atoms with Crippen molar-refractivity contribution in [3.8, 4) is 22.6 Å². The highest BCUT2D eigenvalue weighted by Crippen LogP contribution is 2.38. The predicted molar refractivity (Wildman–Crippen MR) is 130 cm³/mol. The lowest BCUT2D eigenvalue weighted by molar-refractivity contribution is 0.0116. The van der Waals surface area contributed by atoms with Crippen molar-refractivity contribution >= 4 is 0 Å². The molecule has 1 saturated carbocycles. The van der Waals surface area contributed by atoms with E-state index < -0.39 is 29.1 Å². The van der Waals surface area contributed by atoms with E-state index in [-0.39, 0.29) is 60.0 Å². The quantitative estimate of drug-likeness (QED) is 0.267. The molecule has 8 heteroatoms. The molecular weight excluding hydrogens is 491 g/mol. The molecule has 0 aliphatic heterocycles. The van der Waals surface area contributed by atoms with Crippen LogP contribution in [0.25, 0.3) is 11.1 Å². The van der Waals surface area contributed by atoms with Crippen molar-refractivity contribution in [1.29, 1.82) is 0 Å². The summed E-state index contributed by atoms with van der Waals surface area (Å²) in [4.78, 5) is 0. The summed E-state index contributed by atoms with van der Waals surface area (Å²) in [6, 6.07) is 9.96. The van der Waals surface area contributed by atoms with E-state index in [9.17, 15) is 17.6 Å². The van der Waals surface area contributed by atoms with Crippen molar-refractivity contribution in [3.05, 3.63) is 82.7 Å². The standard InChI is InChI=1S/C29H29F5O3/c1-3-35-24-13-8-19(26(31)28(24)33)16-37-20-9-5-17(6-10-20)21-11-7-18(15-23(21)30)22-12-14-25(36-4-2)29(34)27(22)32/h7-8,11-15,17,20H,3-6,9-10,16H2,1-2H3. The maximum atomic E-state index is 15.0. The van der Waals surface area contributed by atoms with Crippen molar-refractivity contribution in [2.75, 3.05) is 13.2 Å².